The number of nitrogens with zero attached hydrogens (tertiary/aromatic N) is 5. The van der Waals surface area contributed by atoms with Gasteiger partial charge in [0.15, 0.2) is 4.34 Å². The molecule has 2 aromatic heterocycles. The topological polar surface area (TPSA) is 72.9 Å². The first-order chi connectivity index (χ1) is 8.90. The fraction of sp³-hybridized carbons (Fsp3) is 0.545. The summed E-state index contributed by atoms with van der Waals surface area (Å²) < 4.78 is 2.68. The van der Waals surface area contributed by atoms with Crippen molar-refractivity contribution in [1.29, 1.82) is 0 Å². The van der Waals surface area contributed by atoms with Gasteiger partial charge in [-0.2, -0.15) is 5.10 Å². The van der Waals surface area contributed by atoms with E-state index in [0.717, 1.165) is 25.9 Å². The normalized spacial score (nSPS) is 11.3. The van der Waals surface area contributed by atoms with Crippen molar-refractivity contribution < 1.29 is 0 Å². The van der Waals surface area contributed by atoms with E-state index < -0.39 is 0 Å². The number of nitrogen functional groups attached to an aromatic ring is 1. The molecule has 0 fully saturated rings. The molecule has 0 saturated heterocycles. The third-order valence-electron chi connectivity index (χ3n) is 2.57. The van der Waals surface area contributed by atoms with Crippen LogP contribution in [0.1, 0.15) is 25.5 Å². The molecule has 0 saturated carbocycles. The van der Waals surface area contributed by atoms with E-state index in [9.17, 15) is 0 Å². The highest BCUT2D eigenvalue weighted by molar-refractivity contribution is 8.01. The second-order valence-electron chi connectivity index (χ2n) is 4.73. The summed E-state index contributed by atoms with van der Waals surface area (Å²) in [6, 6.07) is 0. The van der Waals surface area contributed by atoms with Crippen LogP contribution in [0.15, 0.2) is 9.37 Å². The summed E-state index contributed by atoms with van der Waals surface area (Å²) in [6.45, 7) is 4.17. The van der Waals surface area contributed by atoms with Crippen LogP contribution < -0.4 is 10.6 Å². The monoisotopic (exact) mass is 298 g/mol. The fourth-order valence-corrected chi connectivity index (χ4v) is 3.36. The Balaban J connectivity index is 2.27. The lowest BCUT2D eigenvalue weighted by Gasteiger charge is -2.04. The molecular formula is C11H18N6S2. The van der Waals surface area contributed by atoms with Gasteiger partial charge in [0.05, 0.1) is 11.4 Å². The van der Waals surface area contributed by atoms with Crippen LogP contribution in [0.2, 0.25) is 0 Å². The van der Waals surface area contributed by atoms with E-state index in [0.29, 0.717) is 5.92 Å². The minimum atomic E-state index is 0.312. The van der Waals surface area contributed by atoms with E-state index in [1.54, 1.807) is 11.3 Å². The first kappa shape index (κ1) is 14.1. The molecule has 0 spiro atoms. The molecule has 0 aliphatic heterocycles. The predicted octanol–water partition coefficient (Wildman–Crippen LogP) is 2.19. The Kier molecular flexibility index (Phi) is 4.00. The molecule has 0 amide bonds. The summed E-state index contributed by atoms with van der Waals surface area (Å²) in [7, 11) is 5.80. The summed E-state index contributed by atoms with van der Waals surface area (Å²) in [5, 5.41) is 14.5. The predicted molar refractivity (Wildman–Crippen MR) is 80.1 cm³/mol. The van der Waals surface area contributed by atoms with Gasteiger partial charge < -0.3 is 10.6 Å². The van der Waals surface area contributed by atoms with Crippen molar-refractivity contribution in [2.75, 3.05) is 24.7 Å². The standard InChI is InChI=1S/C11H18N6S2/c1-6(2)8-7(12)9(17(5)15-8)18-11-14-13-10(19-11)16(3)4/h6H,12H2,1-5H3. The van der Waals surface area contributed by atoms with Crippen molar-refractivity contribution in [3.05, 3.63) is 5.69 Å². The molecule has 0 aliphatic rings. The van der Waals surface area contributed by atoms with Crippen LogP contribution in [-0.4, -0.2) is 34.1 Å². The minimum absolute atomic E-state index is 0.312. The molecule has 2 rings (SSSR count). The zero-order chi connectivity index (χ0) is 14.2. The van der Waals surface area contributed by atoms with Crippen LogP contribution in [-0.2, 0) is 7.05 Å². The lowest BCUT2D eigenvalue weighted by Crippen LogP contribution is -2.07. The Bertz CT molecular complexity index is 572. The second kappa shape index (κ2) is 5.38. The first-order valence-corrected chi connectivity index (χ1v) is 7.54. The van der Waals surface area contributed by atoms with E-state index in [4.69, 9.17) is 5.73 Å². The van der Waals surface area contributed by atoms with Crippen molar-refractivity contribution in [2.24, 2.45) is 7.05 Å². The van der Waals surface area contributed by atoms with Gasteiger partial charge in [0, 0.05) is 21.1 Å². The molecule has 2 heterocycles. The van der Waals surface area contributed by atoms with Crippen LogP contribution in [0.3, 0.4) is 0 Å². The summed E-state index contributed by atoms with van der Waals surface area (Å²) in [6.07, 6.45) is 0. The van der Waals surface area contributed by atoms with Gasteiger partial charge in [-0.1, -0.05) is 25.2 Å². The van der Waals surface area contributed by atoms with Crippen molar-refractivity contribution >= 4 is 33.9 Å². The van der Waals surface area contributed by atoms with Gasteiger partial charge in [0.1, 0.15) is 5.03 Å². The van der Waals surface area contributed by atoms with Crippen LogP contribution >= 0.6 is 23.1 Å². The summed E-state index contributed by atoms with van der Waals surface area (Å²) in [5.74, 6) is 0.312. The molecule has 19 heavy (non-hydrogen) atoms. The number of hydrogen-bond donors (Lipinski definition) is 1. The first-order valence-electron chi connectivity index (χ1n) is 5.91. The van der Waals surface area contributed by atoms with Crippen molar-refractivity contribution in [3.8, 4) is 0 Å². The summed E-state index contributed by atoms with van der Waals surface area (Å²) in [5.41, 5.74) is 7.83. The van der Waals surface area contributed by atoms with E-state index in [1.165, 1.54) is 11.8 Å². The Morgan fingerprint density at radius 3 is 2.47 bits per heavy atom. The zero-order valence-electron chi connectivity index (χ0n) is 11.7. The second-order valence-corrected chi connectivity index (χ2v) is 6.92. The Hall–Kier alpha value is -1.28. The van der Waals surface area contributed by atoms with Gasteiger partial charge in [0.25, 0.3) is 0 Å². The fourth-order valence-electron chi connectivity index (χ4n) is 1.60. The van der Waals surface area contributed by atoms with Gasteiger partial charge >= 0.3 is 0 Å². The van der Waals surface area contributed by atoms with Crippen LogP contribution in [0, 0.1) is 0 Å². The average molecular weight is 298 g/mol. The number of nitrogens with two attached hydrogens (primary N) is 1. The van der Waals surface area contributed by atoms with Gasteiger partial charge in [-0.05, 0) is 17.7 Å². The number of aromatic nitrogens is 4. The Labute approximate surface area is 121 Å². The van der Waals surface area contributed by atoms with Crippen LogP contribution in [0.5, 0.6) is 0 Å². The smallest absolute Gasteiger partial charge is 0.208 e. The minimum Gasteiger partial charge on any atom is -0.395 e. The lowest BCUT2D eigenvalue weighted by molar-refractivity contribution is 0.670. The van der Waals surface area contributed by atoms with Gasteiger partial charge in [-0.3, -0.25) is 4.68 Å². The number of aryl methyl sites for hydroxylation is 1. The largest absolute Gasteiger partial charge is 0.395 e. The molecule has 2 aromatic rings. The van der Waals surface area contributed by atoms with E-state index in [2.05, 4.69) is 29.1 Å². The quantitative estimate of drug-likeness (QED) is 0.933. The average Bonchev–Trinajstić information content (AvgIpc) is 2.89. The van der Waals surface area contributed by atoms with Gasteiger partial charge in [0.2, 0.25) is 5.13 Å². The van der Waals surface area contributed by atoms with Gasteiger partial charge in [-0.15, -0.1) is 10.2 Å². The zero-order valence-corrected chi connectivity index (χ0v) is 13.3. The van der Waals surface area contributed by atoms with E-state index in [1.807, 2.05) is 30.7 Å². The molecule has 0 unspecified atom stereocenters. The molecule has 8 heteroatoms. The van der Waals surface area contributed by atoms with Crippen LogP contribution in [0.25, 0.3) is 0 Å². The molecule has 0 atom stereocenters. The molecule has 0 radical (unpaired) electrons. The third kappa shape index (κ3) is 2.84. The lowest BCUT2D eigenvalue weighted by atomic mass is 10.1. The van der Waals surface area contributed by atoms with Crippen molar-refractivity contribution in [3.63, 3.8) is 0 Å². The molecule has 0 aromatic carbocycles. The van der Waals surface area contributed by atoms with Gasteiger partial charge in [-0.25, -0.2) is 0 Å². The molecular weight excluding hydrogens is 280 g/mol. The number of hydrogen-bond acceptors (Lipinski definition) is 7. The third-order valence-corrected chi connectivity index (χ3v) is 4.89. The molecule has 0 bridgehead atoms. The van der Waals surface area contributed by atoms with Crippen molar-refractivity contribution in [1.82, 2.24) is 20.0 Å². The highest BCUT2D eigenvalue weighted by Gasteiger charge is 2.18. The van der Waals surface area contributed by atoms with Crippen LogP contribution in [0.4, 0.5) is 10.8 Å². The van der Waals surface area contributed by atoms with Crippen molar-refractivity contribution in [2.45, 2.75) is 29.1 Å². The molecule has 2 N–H and O–H groups in total. The maximum atomic E-state index is 6.16. The number of rotatable bonds is 4. The Morgan fingerprint density at radius 2 is 2.00 bits per heavy atom. The number of anilines is 2. The molecule has 0 aliphatic carbocycles. The highest BCUT2D eigenvalue weighted by atomic mass is 32.2. The Morgan fingerprint density at radius 1 is 1.32 bits per heavy atom. The molecule has 104 valence electrons. The highest BCUT2D eigenvalue weighted by Crippen LogP contribution is 2.38. The molecule has 6 nitrogen and oxygen atoms in total. The van der Waals surface area contributed by atoms with E-state index >= 15 is 0 Å². The van der Waals surface area contributed by atoms with E-state index in [-0.39, 0.29) is 0 Å². The SMILES string of the molecule is CC(C)c1nn(C)c(Sc2nnc(N(C)C)s2)c1N. The summed E-state index contributed by atoms with van der Waals surface area (Å²) >= 11 is 3.05. The maximum absolute atomic E-state index is 6.16. The summed E-state index contributed by atoms with van der Waals surface area (Å²) in [4.78, 5) is 1.94. The maximum Gasteiger partial charge on any atom is 0.208 e.